The van der Waals surface area contributed by atoms with Gasteiger partial charge in [-0.05, 0) is 50.6 Å². The highest BCUT2D eigenvalue weighted by Gasteiger charge is 2.27. The van der Waals surface area contributed by atoms with Gasteiger partial charge in [0.05, 0.1) is 31.6 Å². The van der Waals surface area contributed by atoms with Gasteiger partial charge in [-0.25, -0.2) is 9.59 Å². The van der Waals surface area contributed by atoms with Crippen molar-refractivity contribution >= 4 is 45.9 Å². The van der Waals surface area contributed by atoms with E-state index in [2.05, 4.69) is 15.5 Å². The summed E-state index contributed by atoms with van der Waals surface area (Å²) >= 11 is 2.18. The molecule has 0 spiro atoms. The molecule has 186 valence electrons. The highest BCUT2D eigenvalue weighted by Crippen LogP contribution is 2.34. The van der Waals surface area contributed by atoms with E-state index in [4.69, 9.17) is 14.2 Å². The summed E-state index contributed by atoms with van der Waals surface area (Å²) in [5.41, 5.74) is 1.42. The van der Waals surface area contributed by atoms with E-state index >= 15 is 0 Å². The number of aromatic nitrogens is 3. The second-order valence-corrected chi connectivity index (χ2v) is 9.09. The summed E-state index contributed by atoms with van der Waals surface area (Å²) in [6.07, 6.45) is 0. The summed E-state index contributed by atoms with van der Waals surface area (Å²) in [6, 6.07) is 7.42. The molecule has 0 radical (unpaired) electrons. The van der Waals surface area contributed by atoms with Crippen LogP contribution in [0.25, 0.3) is 11.4 Å². The Kier molecular flexibility index (Phi) is 8.88. The Morgan fingerprint density at radius 1 is 1.06 bits per heavy atom. The average Bonchev–Trinajstić information content (AvgIpc) is 3.37. The van der Waals surface area contributed by atoms with Crippen LogP contribution in [0, 0.1) is 6.92 Å². The van der Waals surface area contributed by atoms with Gasteiger partial charge in [-0.15, -0.1) is 21.5 Å². The number of thiophene rings is 1. The van der Waals surface area contributed by atoms with Crippen molar-refractivity contribution in [2.24, 2.45) is 7.05 Å². The third-order valence-corrected chi connectivity index (χ3v) is 7.06. The van der Waals surface area contributed by atoms with Gasteiger partial charge in [0.1, 0.15) is 15.6 Å². The second kappa shape index (κ2) is 11.8. The molecule has 12 heteroatoms. The molecule has 0 saturated carbocycles. The molecule has 0 atom stereocenters. The lowest BCUT2D eigenvalue weighted by Crippen LogP contribution is -2.16. The zero-order valence-corrected chi connectivity index (χ0v) is 21.7. The molecule has 35 heavy (non-hydrogen) atoms. The third kappa shape index (κ3) is 6.01. The van der Waals surface area contributed by atoms with Gasteiger partial charge in [0.15, 0.2) is 11.0 Å². The minimum atomic E-state index is -0.614. The van der Waals surface area contributed by atoms with E-state index in [-0.39, 0.29) is 40.3 Å². The van der Waals surface area contributed by atoms with Gasteiger partial charge in [0.25, 0.3) is 0 Å². The van der Waals surface area contributed by atoms with Gasteiger partial charge in [-0.3, -0.25) is 4.79 Å². The normalized spacial score (nSPS) is 10.7. The van der Waals surface area contributed by atoms with Crippen LogP contribution in [0.5, 0.6) is 5.75 Å². The lowest BCUT2D eigenvalue weighted by atomic mass is 10.1. The third-order valence-electron chi connectivity index (χ3n) is 4.86. The van der Waals surface area contributed by atoms with Crippen molar-refractivity contribution in [1.82, 2.24) is 14.8 Å². The Labute approximate surface area is 211 Å². The van der Waals surface area contributed by atoms with Crippen molar-refractivity contribution in [1.29, 1.82) is 0 Å². The number of nitrogens with one attached hydrogen (secondary N) is 1. The standard InChI is InChI=1S/C23H26N4O6S2/c1-6-32-21(29)17-13(3)18(22(30)33-7-2)35-20(17)24-16(28)12-34-23-26-25-19(27(23)4)14-8-10-15(31-5)11-9-14/h8-11H,6-7,12H2,1-5H3,(H,24,28). The van der Waals surface area contributed by atoms with E-state index in [1.54, 1.807) is 32.4 Å². The molecular weight excluding hydrogens is 492 g/mol. The van der Waals surface area contributed by atoms with Crippen molar-refractivity contribution in [3.8, 4) is 17.1 Å². The largest absolute Gasteiger partial charge is 0.497 e. The number of methoxy groups -OCH3 is 1. The van der Waals surface area contributed by atoms with Crippen LogP contribution in [0.15, 0.2) is 29.4 Å². The van der Waals surface area contributed by atoms with E-state index < -0.39 is 11.9 Å². The number of rotatable bonds is 10. The Bertz CT molecular complexity index is 1220. The van der Waals surface area contributed by atoms with Gasteiger partial charge in [-0.1, -0.05) is 11.8 Å². The first-order valence-electron chi connectivity index (χ1n) is 10.7. The van der Waals surface area contributed by atoms with Crippen LogP contribution in [0.1, 0.15) is 39.4 Å². The maximum atomic E-state index is 12.7. The number of benzene rings is 1. The molecule has 10 nitrogen and oxygen atoms in total. The zero-order valence-electron chi connectivity index (χ0n) is 20.0. The van der Waals surface area contributed by atoms with Crippen LogP contribution in [0.4, 0.5) is 5.00 Å². The van der Waals surface area contributed by atoms with Crippen LogP contribution in [-0.4, -0.2) is 58.7 Å². The van der Waals surface area contributed by atoms with E-state index in [9.17, 15) is 14.4 Å². The van der Waals surface area contributed by atoms with Crippen molar-refractivity contribution in [2.75, 3.05) is 31.4 Å². The fraction of sp³-hybridized carbons (Fsp3) is 0.348. The molecule has 2 heterocycles. The summed E-state index contributed by atoms with van der Waals surface area (Å²) in [4.78, 5) is 37.8. The first-order valence-corrected chi connectivity index (χ1v) is 12.5. The van der Waals surface area contributed by atoms with Gasteiger partial charge >= 0.3 is 11.9 Å². The second-order valence-electron chi connectivity index (χ2n) is 7.13. The van der Waals surface area contributed by atoms with E-state index in [0.717, 1.165) is 22.6 Å². The van der Waals surface area contributed by atoms with Gasteiger partial charge < -0.3 is 24.1 Å². The minimum Gasteiger partial charge on any atom is -0.497 e. The molecule has 1 N–H and O–H groups in total. The van der Waals surface area contributed by atoms with Crippen molar-refractivity contribution in [2.45, 2.75) is 25.9 Å². The van der Waals surface area contributed by atoms with E-state index in [1.165, 1.54) is 11.8 Å². The number of nitrogens with zero attached hydrogens (tertiary/aromatic N) is 3. The highest BCUT2D eigenvalue weighted by atomic mass is 32.2. The summed E-state index contributed by atoms with van der Waals surface area (Å²) < 4.78 is 17.2. The average molecular weight is 519 g/mol. The Balaban J connectivity index is 1.74. The van der Waals surface area contributed by atoms with Crippen LogP contribution in [-0.2, 0) is 21.3 Å². The summed E-state index contributed by atoms with van der Waals surface area (Å²) in [5, 5.41) is 11.9. The molecule has 3 rings (SSSR count). The first-order chi connectivity index (χ1) is 16.8. The summed E-state index contributed by atoms with van der Waals surface area (Å²) in [5.74, 6) is -0.140. The van der Waals surface area contributed by atoms with Gasteiger partial charge in [0, 0.05) is 12.6 Å². The highest BCUT2D eigenvalue weighted by molar-refractivity contribution is 7.99. The molecule has 0 saturated heterocycles. The number of ether oxygens (including phenoxy) is 3. The van der Waals surface area contributed by atoms with Crippen LogP contribution in [0.2, 0.25) is 0 Å². The molecule has 3 aromatic rings. The molecule has 0 bridgehead atoms. The van der Waals surface area contributed by atoms with Gasteiger partial charge in [0.2, 0.25) is 5.91 Å². The Hall–Kier alpha value is -3.38. The fourth-order valence-electron chi connectivity index (χ4n) is 3.17. The van der Waals surface area contributed by atoms with Crippen molar-refractivity contribution < 1.29 is 28.6 Å². The molecule has 0 unspecified atom stereocenters. The van der Waals surface area contributed by atoms with Crippen molar-refractivity contribution in [3.05, 3.63) is 40.3 Å². The Morgan fingerprint density at radius 2 is 1.71 bits per heavy atom. The number of hydrogen-bond donors (Lipinski definition) is 1. The van der Waals surface area contributed by atoms with E-state index in [1.807, 2.05) is 31.3 Å². The minimum absolute atomic E-state index is 0.0164. The van der Waals surface area contributed by atoms with Crippen LogP contribution in [0.3, 0.4) is 0 Å². The molecule has 0 aliphatic rings. The monoisotopic (exact) mass is 518 g/mol. The Morgan fingerprint density at radius 3 is 2.34 bits per heavy atom. The number of amides is 1. The SMILES string of the molecule is CCOC(=O)c1sc(NC(=O)CSc2nnc(-c3ccc(OC)cc3)n2C)c(C(=O)OCC)c1C. The number of anilines is 1. The summed E-state index contributed by atoms with van der Waals surface area (Å²) in [7, 11) is 3.41. The van der Waals surface area contributed by atoms with Crippen molar-refractivity contribution in [3.63, 3.8) is 0 Å². The molecular formula is C23H26N4O6S2. The lowest BCUT2D eigenvalue weighted by molar-refractivity contribution is -0.113. The molecule has 0 aliphatic heterocycles. The smallest absolute Gasteiger partial charge is 0.348 e. The molecule has 2 aromatic heterocycles. The van der Waals surface area contributed by atoms with E-state index in [0.29, 0.717) is 16.5 Å². The fourth-order valence-corrected chi connectivity index (χ4v) is 4.98. The molecule has 0 fully saturated rings. The number of esters is 2. The number of hydrogen-bond acceptors (Lipinski definition) is 10. The first kappa shape index (κ1) is 26.2. The van der Waals surface area contributed by atoms with Gasteiger partial charge in [-0.2, -0.15) is 0 Å². The number of carbonyl (C=O) groups excluding carboxylic acids is 3. The predicted octanol–water partition coefficient (Wildman–Crippen LogP) is 3.94. The number of carbonyl (C=O) groups is 3. The quantitative estimate of drug-likeness (QED) is 0.314. The zero-order chi connectivity index (χ0) is 25.5. The molecule has 1 aromatic carbocycles. The predicted molar refractivity (Wildman–Crippen MR) is 133 cm³/mol. The molecule has 1 amide bonds. The maximum Gasteiger partial charge on any atom is 0.348 e. The molecule has 0 aliphatic carbocycles. The summed E-state index contributed by atoms with van der Waals surface area (Å²) in [6.45, 7) is 5.36. The van der Waals surface area contributed by atoms with Crippen LogP contribution < -0.4 is 10.1 Å². The maximum absolute atomic E-state index is 12.7. The lowest BCUT2D eigenvalue weighted by Gasteiger charge is -2.07. The van der Waals surface area contributed by atoms with Crippen LogP contribution >= 0.6 is 23.1 Å². The topological polar surface area (TPSA) is 122 Å². The number of thioether (sulfide) groups is 1.